The number of sulfone groups is 1. The summed E-state index contributed by atoms with van der Waals surface area (Å²) in [5.41, 5.74) is 1.68. The fourth-order valence-electron chi connectivity index (χ4n) is 2.63. The van der Waals surface area contributed by atoms with E-state index in [1.165, 1.54) is 24.3 Å². The van der Waals surface area contributed by atoms with Crippen molar-refractivity contribution in [2.24, 2.45) is 0 Å². The van der Waals surface area contributed by atoms with Gasteiger partial charge in [-0.05, 0) is 55.2 Å². The Bertz CT molecular complexity index is 1100. The van der Waals surface area contributed by atoms with E-state index >= 15 is 0 Å². The van der Waals surface area contributed by atoms with Crippen LogP contribution in [0.15, 0.2) is 52.3 Å². The predicted molar refractivity (Wildman–Crippen MR) is 105 cm³/mol. The first-order valence-electron chi connectivity index (χ1n) is 8.76. The minimum atomic E-state index is -3.51. The van der Waals surface area contributed by atoms with Crippen molar-refractivity contribution in [3.8, 4) is 0 Å². The van der Waals surface area contributed by atoms with Gasteiger partial charge in [-0.15, -0.1) is 0 Å². The molecular weight excluding hydrogens is 400 g/mol. The third kappa shape index (κ3) is 4.98. The molecule has 2 N–H and O–H groups in total. The van der Waals surface area contributed by atoms with Crippen LogP contribution in [0.4, 0.5) is 0 Å². The smallest absolute Gasteiger partial charge is 0.251 e. The van der Waals surface area contributed by atoms with Crippen LogP contribution >= 0.6 is 0 Å². The van der Waals surface area contributed by atoms with Crippen LogP contribution in [-0.4, -0.2) is 35.0 Å². The Hall–Kier alpha value is -2.23. The Labute approximate surface area is 165 Å². The first-order valence-corrected chi connectivity index (χ1v) is 12.1. The molecule has 9 heteroatoms. The number of aryl methyl sites for hydroxylation is 1. The zero-order chi connectivity index (χ0) is 20.5. The number of sulfonamides is 1. The number of amides is 1. The highest BCUT2D eigenvalue weighted by Crippen LogP contribution is 2.22. The van der Waals surface area contributed by atoms with Crippen molar-refractivity contribution in [1.29, 1.82) is 0 Å². The second kappa shape index (κ2) is 7.65. The summed E-state index contributed by atoms with van der Waals surface area (Å²) in [5, 5.41) is 2.74. The number of benzene rings is 2. The van der Waals surface area contributed by atoms with Crippen molar-refractivity contribution >= 4 is 25.8 Å². The molecule has 0 atom stereocenters. The second-order valence-electron chi connectivity index (χ2n) is 6.97. The summed E-state index contributed by atoms with van der Waals surface area (Å²) in [6.07, 6.45) is 2.82. The summed E-state index contributed by atoms with van der Waals surface area (Å²) in [5.74, 6) is -0.393. The molecule has 1 fully saturated rings. The van der Waals surface area contributed by atoms with Gasteiger partial charge in [0.05, 0.1) is 9.79 Å². The number of rotatable bonds is 7. The third-order valence-electron chi connectivity index (χ3n) is 4.47. The highest BCUT2D eigenvalue weighted by atomic mass is 32.2. The quantitative estimate of drug-likeness (QED) is 0.707. The van der Waals surface area contributed by atoms with Crippen molar-refractivity contribution in [1.82, 2.24) is 10.0 Å². The molecule has 28 heavy (non-hydrogen) atoms. The summed E-state index contributed by atoms with van der Waals surface area (Å²) in [7, 11) is -6.92. The zero-order valence-corrected chi connectivity index (χ0v) is 17.2. The monoisotopic (exact) mass is 422 g/mol. The SMILES string of the molecule is Cc1ccc(S(C)(=O)=O)cc1C(=O)NCc1ccc(S(=O)(=O)NC2CC2)cc1. The third-order valence-corrected chi connectivity index (χ3v) is 7.11. The molecule has 2 aromatic carbocycles. The van der Waals surface area contributed by atoms with Crippen LogP contribution in [0, 0.1) is 6.92 Å². The van der Waals surface area contributed by atoms with Gasteiger partial charge in [-0.1, -0.05) is 18.2 Å². The molecule has 150 valence electrons. The van der Waals surface area contributed by atoms with E-state index in [4.69, 9.17) is 0 Å². The lowest BCUT2D eigenvalue weighted by Crippen LogP contribution is -2.26. The minimum Gasteiger partial charge on any atom is -0.348 e. The predicted octanol–water partition coefficient (Wildman–Crippen LogP) is 1.77. The molecule has 2 aromatic rings. The van der Waals surface area contributed by atoms with Crippen LogP contribution in [0.2, 0.25) is 0 Å². The Kier molecular flexibility index (Phi) is 5.60. The van der Waals surface area contributed by atoms with E-state index < -0.39 is 25.8 Å². The Morgan fingerprint density at radius 2 is 1.61 bits per heavy atom. The number of hydrogen-bond donors (Lipinski definition) is 2. The van der Waals surface area contributed by atoms with E-state index in [0.717, 1.165) is 24.7 Å². The van der Waals surface area contributed by atoms with Crippen LogP contribution < -0.4 is 10.0 Å². The van der Waals surface area contributed by atoms with Crippen molar-refractivity contribution in [2.45, 2.75) is 42.1 Å². The van der Waals surface area contributed by atoms with Gasteiger partial charge in [-0.2, -0.15) is 0 Å². The Morgan fingerprint density at radius 3 is 2.18 bits per heavy atom. The molecule has 1 saturated carbocycles. The van der Waals surface area contributed by atoms with Gasteiger partial charge in [-0.25, -0.2) is 21.6 Å². The molecule has 7 nitrogen and oxygen atoms in total. The summed E-state index contributed by atoms with van der Waals surface area (Å²) in [4.78, 5) is 12.7. The van der Waals surface area contributed by atoms with Crippen LogP contribution in [0.5, 0.6) is 0 Å². The van der Waals surface area contributed by atoms with Crippen molar-refractivity contribution in [2.75, 3.05) is 6.26 Å². The molecule has 0 bridgehead atoms. The van der Waals surface area contributed by atoms with E-state index in [1.807, 2.05) is 0 Å². The topological polar surface area (TPSA) is 109 Å². The molecule has 1 amide bonds. The number of carbonyl (C=O) groups excluding carboxylic acids is 1. The van der Waals surface area contributed by atoms with Crippen LogP contribution in [0.3, 0.4) is 0 Å². The molecular formula is C19H22N2O5S2. The zero-order valence-electron chi connectivity index (χ0n) is 15.6. The highest BCUT2D eigenvalue weighted by molar-refractivity contribution is 7.90. The van der Waals surface area contributed by atoms with Gasteiger partial charge in [0.15, 0.2) is 9.84 Å². The van der Waals surface area contributed by atoms with Gasteiger partial charge in [-0.3, -0.25) is 4.79 Å². The maximum absolute atomic E-state index is 12.5. The molecule has 3 rings (SSSR count). The minimum absolute atomic E-state index is 0.0369. The molecule has 1 aliphatic rings. The Balaban J connectivity index is 1.68. The molecule has 0 heterocycles. The van der Waals surface area contributed by atoms with Gasteiger partial charge < -0.3 is 5.32 Å². The van der Waals surface area contributed by atoms with E-state index in [2.05, 4.69) is 10.0 Å². The summed E-state index contributed by atoms with van der Waals surface area (Å²) in [6.45, 7) is 1.92. The molecule has 0 aliphatic heterocycles. The number of carbonyl (C=O) groups is 1. The highest BCUT2D eigenvalue weighted by Gasteiger charge is 2.27. The second-order valence-corrected chi connectivity index (χ2v) is 10.7. The molecule has 1 aliphatic carbocycles. The van der Waals surface area contributed by atoms with Gasteiger partial charge in [0.1, 0.15) is 0 Å². The standard InChI is InChI=1S/C19H22N2O5S2/c1-13-3-8-17(27(2,23)24)11-18(13)19(22)20-12-14-4-9-16(10-5-14)28(25,26)21-15-6-7-15/h3-5,8-11,15,21H,6-7,12H2,1-2H3,(H,20,22). The van der Waals surface area contributed by atoms with Crippen LogP contribution in [0.25, 0.3) is 0 Å². The summed E-state index contributed by atoms with van der Waals surface area (Å²) in [6, 6.07) is 10.7. The fraction of sp³-hybridized carbons (Fsp3) is 0.316. The van der Waals surface area contributed by atoms with E-state index in [0.29, 0.717) is 5.56 Å². The van der Waals surface area contributed by atoms with Gasteiger partial charge in [0, 0.05) is 24.4 Å². The van der Waals surface area contributed by atoms with Gasteiger partial charge >= 0.3 is 0 Å². The largest absolute Gasteiger partial charge is 0.348 e. The maximum atomic E-state index is 12.5. The lowest BCUT2D eigenvalue weighted by molar-refractivity contribution is 0.0950. The van der Waals surface area contributed by atoms with Crippen LogP contribution in [0.1, 0.15) is 34.3 Å². The van der Waals surface area contributed by atoms with Crippen molar-refractivity contribution in [3.05, 3.63) is 59.2 Å². The lowest BCUT2D eigenvalue weighted by atomic mass is 10.1. The average Bonchev–Trinajstić information content (AvgIpc) is 3.42. The lowest BCUT2D eigenvalue weighted by Gasteiger charge is -2.10. The first-order chi connectivity index (χ1) is 13.1. The summed E-state index contributed by atoms with van der Waals surface area (Å²) >= 11 is 0. The molecule has 0 spiro atoms. The van der Waals surface area contributed by atoms with Crippen molar-refractivity contribution < 1.29 is 21.6 Å². The number of hydrogen-bond acceptors (Lipinski definition) is 5. The molecule has 0 saturated heterocycles. The average molecular weight is 423 g/mol. The van der Waals surface area contributed by atoms with Crippen LogP contribution in [-0.2, 0) is 26.4 Å². The summed E-state index contributed by atoms with van der Waals surface area (Å²) < 4.78 is 50.3. The van der Waals surface area contributed by atoms with E-state index in [9.17, 15) is 21.6 Å². The van der Waals surface area contributed by atoms with E-state index in [1.54, 1.807) is 25.1 Å². The van der Waals surface area contributed by atoms with Gasteiger partial charge in [0.2, 0.25) is 10.0 Å². The normalized spacial score (nSPS) is 14.6. The molecule has 0 radical (unpaired) electrons. The molecule has 0 unspecified atom stereocenters. The number of nitrogens with one attached hydrogen (secondary N) is 2. The molecule has 0 aromatic heterocycles. The first kappa shape index (κ1) is 20.5. The fourth-order valence-corrected chi connectivity index (χ4v) is 4.58. The maximum Gasteiger partial charge on any atom is 0.251 e. The van der Waals surface area contributed by atoms with Crippen molar-refractivity contribution in [3.63, 3.8) is 0 Å². The van der Waals surface area contributed by atoms with Gasteiger partial charge in [0.25, 0.3) is 5.91 Å². The Morgan fingerprint density at radius 1 is 1.00 bits per heavy atom. The van der Waals surface area contributed by atoms with E-state index in [-0.39, 0.29) is 27.9 Å².